The lowest BCUT2D eigenvalue weighted by molar-refractivity contribution is -0.141. The first-order chi connectivity index (χ1) is 10.0. The minimum absolute atomic E-state index is 0.245. The Hall–Kier alpha value is -1.08. The summed E-state index contributed by atoms with van der Waals surface area (Å²) in [4.78, 5) is 2.93. The van der Waals surface area contributed by atoms with Gasteiger partial charge in [-0.2, -0.15) is 13.2 Å². The molecule has 0 radical (unpaired) electrons. The van der Waals surface area contributed by atoms with Crippen LogP contribution in [0.1, 0.15) is 34.2 Å². The third kappa shape index (κ3) is 3.21. The lowest BCUT2D eigenvalue weighted by Gasteiger charge is -2.10. The summed E-state index contributed by atoms with van der Waals surface area (Å²) in [6, 6.07) is 0.721. The molecule has 0 aliphatic heterocycles. The van der Waals surface area contributed by atoms with E-state index in [4.69, 9.17) is 19.6 Å². The second kappa shape index (κ2) is 4.84. The summed E-state index contributed by atoms with van der Waals surface area (Å²) in [6.45, 7) is -3.50. The summed E-state index contributed by atoms with van der Waals surface area (Å²) < 4.78 is 89.4. The van der Waals surface area contributed by atoms with Gasteiger partial charge in [0.2, 0.25) is 0 Å². The Bertz CT molecular complexity index is 591. The fourth-order valence-electron chi connectivity index (χ4n) is 0.974. The highest BCUT2D eigenvalue weighted by Crippen LogP contribution is 2.27. The zero-order chi connectivity index (χ0) is 18.4. The quantitative estimate of drug-likeness (QED) is 0.766. The lowest BCUT2D eigenvalue weighted by Crippen LogP contribution is -2.32. The largest absolute Gasteiger partial charge is 0.488 e. The molecule has 0 unspecified atom stereocenters. The van der Waals surface area contributed by atoms with Crippen LogP contribution in [0, 0.1) is 0 Å². The summed E-state index contributed by atoms with van der Waals surface area (Å²) in [7, 11) is -2.41. The van der Waals surface area contributed by atoms with Crippen LogP contribution in [0.4, 0.5) is 13.2 Å². The van der Waals surface area contributed by atoms with E-state index in [0.717, 1.165) is 0 Å². The van der Waals surface area contributed by atoms with Crippen LogP contribution in [0.25, 0.3) is 0 Å². The SMILES string of the molecule is [2H]C([2H])([2H])C([2H])([2H])C([2H])([2H])c1cc(B(O)O)cc(C(F)(F)F)n1. The van der Waals surface area contributed by atoms with Crippen molar-refractivity contribution in [1.29, 1.82) is 0 Å². The van der Waals surface area contributed by atoms with E-state index >= 15 is 0 Å². The van der Waals surface area contributed by atoms with Crippen molar-refractivity contribution in [3.63, 3.8) is 0 Å². The fraction of sp³-hybridized carbons (Fsp3) is 0.444. The average Bonchev–Trinajstić information content (AvgIpc) is 2.35. The van der Waals surface area contributed by atoms with E-state index in [0.29, 0.717) is 6.07 Å². The van der Waals surface area contributed by atoms with Crippen molar-refractivity contribution in [2.24, 2.45) is 0 Å². The van der Waals surface area contributed by atoms with Gasteiger partial charge in [-0.3, -0.25) is 0 Å². The van der Waals surface area contributed by atoms with Crippen molar-refractivity contribution >= 4 is 12.6 Å². The van der Waals surface area contributed by atoms with E-state index in [1.165, 1.54) is 0 Å². The van der Waals surface area contributed by atoms with Gasteiger partial charge < -0.3 is 10.0 Å². The maximum absolute atomic E-state index is 12.8. The van der Waals surface area contributed by atoms with Gasteiger partial charge in [-0.25, -0.2) is 4.98 Å². The second-order valence-corrected chi connectivity index (χ2v) is 2.79. The summed E-state index contributed by atoms with van der Waals surface area (Å²) in [6.07, 6.45) is -12.1. The van der Waals surface area contributed by atoms with Gasteiger partial charge in [-0.15, -0.1) is 0 Å². The van der Waals surface area contributed by atoms with Gasteiger partial charge in [0.15, 0.2) is 0 Å². The fourth-order valence-corrected chi connectivity index (χ4v) is 0.974. The van der Waals surface area contributed by atoms with Gasteiger partial charge in [0, 0.05) is 15.3 Å². The van der Waals surface area contributed by atoms with Crippen LogP contribution < -0.4 is 5.46 Å². The van der Waals surface area contributed by atoms with E-state index in [1.54, 1.807) is 0 Å². The van der Waals surface area contributed by atoms with Crippen LogP contribution in [0.2, 0.25) is 0 Å². The third-order valence-corrected chi connectivity index (χ3v) is 1.63. The van der Waals surface area contributed by atoms with Gasteiger partial charge in [0.1, 0.15) is 5.69 Å². The van der Waals surface area contributed by atoms with Crippen molar-refractivity contribution in [1.82, 2.24) is 4.98 Å². The Labute approximate surface area is 101 Å². The molecule has 1 aromatic heterocycles. The maximum Gasteiger partial charge on any atom is 0.488 e. The Kier molecular flexibility index (Phi) is 1.82. The first-order valence-electron chi connectivity index (χ1n) is 7.47. The van der Waals surface area contributed by atoms with Crippen molar-refractivity contribution in [3.8, 4) is 0 Å². The zero-order valence-electron chi connectivity index (χ0n) is 14.7. The predicted octanol–water partition coefficient (Wildman–Crippen LogP) is 0.733. The second-order valence-electron chi connectivity index (χ2n) is 2.79. The Balaban J connectivity index is 3.61. The first kappa shape index (κ1) is 6.02. The number of aromatic nitrogens is 1. The molecule has 1 heterocycles. The van der Waals surface area contributed by atoms with Gasteiger partial charge >= 0.3 is 13.3 Å². The van der Waals surface area contributed by atoms with E-state index in [1.807, 2.05) is 0 Å². The Morgan fingerprint density at radius 1 is 1.50 bits per heavy atom. The maximum atomic E-state index is 12.8. The zero-order valence-corrected chi connectivity index (χ0v) is 7.71. The molecule has 88 valence electrons. The van der Waals surface area contributed by atoms with Crippen LogP contribution in [-0.2, 0) is 12.5 Å². The summed E-state index contributed by atoms with van der Waals surface area (Å²) >= 11 is 0. The molecule has 0 aromatic carbocycles. The van der Waals surface area contributed by atoms with Crippen molar-refractivity contribution in [2.75, 3.05) is 0 Å². The molecular weight excluding hydrogens is 222 g/mol. The number of aryl methyl sites for hydroxylation is 1. The third-order valence-electron chi connectivity index (χ3n) is 1.63. The average molecular weight is 240 g/mol. The molecule has 0 fully saturated rings. The Morgan fingerprint density at radius 3 is 2.69 bits per heavy atom. The van der Waals surface area contributed by atoms with E-state index in [9.17, 15) is 13.2 Å². The molecule has 0 amide bonds. The van der Waals surface area contributed by atoms with Gasteiger partial charge in [-0.1, -0.05) is 13.2 Å². The molecule has 0 aliphatic rings. The molecule has 1 aromatic rings. The van der Waals surface area contributed by atoms with Crippen LogP contribution >= 0.6 is 0 Å². The van der Waals surface area contributed by atoms with Crippen molar-refractivity contribution in [3.05, 3.63) is 23.5 Å². The molecule has 3 nitrogen and oxygen atoms in total. The smallest absolute Gasteiger partial charge is 0.423 e. The predicted molar refractivity (Wildman–Crippen MR) is 53.1 cm³/mol. The molecule has 0 saturated heterocycles. The lowest BCUT2D eigenvalue weighted by atomic mass is 9.80. The van der Waals surface area contributed by atoms with Gasteiger partial charge in [0.25, 0.3) is 0 Å². The van der Waals surface area contributed by atoms with Crippen LogP contribution in [0.15, 0.2) is 12.1 Å². The van der Waals surface area contributed by atoms with Crippen LogP contribution in [0.5, 0.6) is 0 Å². The number of nitrogens with zero attached hydrogens (tertiary/aromatic N) is 1. The molecule has 7 heteroatoms. The summed E-state index contributed by atoms with van der Waals surface area (Å²) in [5, 5.41) is 18.0. The van der Waals surface area contributed by atoms with Crippen molar-refractivity contribution in [2.45, 2.75) is 25.8 Å². The number of halogens is 3. The number of hydrogen-bond acceptors (Lipinski definition) is 3. The highest BCUT2D eigenvalue weighted by atomic mass is 19.4. The molecule has 1 rings (SSSR count). The highest BCUT2D eigenvalue weighted by Gasteiger charge is 2.34. The molecule has 0 spiro atoms. The summed E-state index contributed by atoms with van der Waals surface area (Å²) in [5.41, 5.74) is -3.72. The van der Waals surface area contributed by atoms with Crippen molar-refractivity contribution < 1.29 is 32.8 Å². The van der Waals surface area contributed by atoms with Crippen LogP contribution in [-0.4, -0.2) is 22.2 Å². The topological polar surface area (TPSA) is 53.4 Å². The minimum atomic E-state index is -5.08. The molecule has 0 atom stereocenters. The standard InChI is InChI=1S/C9H11BF3NO2/c1-2-3-7-4-6(10(15)16)5-8(14-7)9(11,12)13/h4-5,15-16H,2-3H2,1H3/i1D3,2D2,3D2. The molecular formula is C9H11BF3NO2. The Morgan fingerprint density at radius 2 is 2.19 bits per heavy atom. The van der Waals surface area contributed by atoms with E-state index in [2.05, 4.69) is 4.98 Å². The monoisotopic (exact) mass is 240 g/mol. The number of alkyl halides is 3. The summed E-state index contributed by atoms with van der Waals surface area (Å²) in [5.74, 6) is 0. The number of rotatable bonds is 3. The van der Waals surface area contributed by atoms with E-state index < -0.39 is 49.7 Å². The van der Waals surface area contributed by atoms with Gasteiger partial charge in [-0.05, 0) is 24.0 Å². The highest BCUT2D eigenvalue weighted by molar-refractivity contribution is 6.58. The molecule has 2 N–H and O–H groups in total. The first-order valence-corrected chi connectivity index (χ1v) is 3.97. The minimum Gasteiger partial charge on any atom is -0.423 e. The number of pyridine rings is 1. The molecule has 0 saturated carbocycles. The van der Waals surface area contributed by atoms with Gasteiger partial charge in [0.05, 0.1) is 0 Å². The molecule has 0 aliphatic carbocycles. The normalized spacial score (nSPS) is 20.7. The molecule has 0 bridgehead atoms. The molecule has 16 heavy (non-hydrogen) atoms. The number of hydrogen-bond donors (Lipinski definition) is 2. The van der Waals surface area contributed by atoms with Crippen LogP contribution in [0.3, 0.4) is 0 Å². The van der Waals surface area contributed by atoms with E-state index in [-0.39, 0.29) is 6.07 Å².